The Balaban J connectivity index is 1.37. The molecule has 0 aliphatic carbocycles. The summed E-state index contributed by atoms with van der Waals surface area (Å²) in [6, 6.07) is 20.9. The van der Waals surface area contributed by atoms with Gasteiger partial charge in [0, 0.05) is 11.3 Å². The molecule has 0 unspecified atom stereocenters. The highest BCUT2D eigenvalue weighted by molar-refractivity contribution is 6.03. The quantitative estimate of drug-likeness (QED) is 0.146. The molecule has 0 saturated heterocycles. The topological polar surface area (TPSA) is 128 Å². The second-order valence-electron chi connectivity index (χ2n) is 7.74. The minimum absolute atomic E-state index is 0.154. The smallest absolute Gasteiger partial charge is 0.343 e. The van der Waals surface area contributed by atoms with Crippen LogP contribution in [0.4, 0.5) is 5.69 Å². The van der Waals surface area contributed by atoms with Crippen molar-refractivity contribution in [1.82, 2.24) is 5.43 Å². The van der Waals surface area contributed by atoms with Crippen molar-refractivity contribution >= 4 is 29.7 Å². The van der Waals surface area contributed by atoms with Crippen molar-refractivity contribution in [2.24, 2.45) is 5.10 Å². The molecule has 3 aromatic carbocycles. The number of hydrogen-bond donors (Lipinski definition) is 2. The number of hydrazone groups is 1. The highest BCUT2D eigenvalue weighted by Crippen LogP contribution is 2.28. The van der Waals surface area contributed by atoms with Gasteiger partial charge in [0.25, 0.3) is 11.8 Å². The largest absolute Gasteiger partial charge is 0.497 e. The van der Waals surface area contributed by atoms with Crippen molar-refractivity contribution in [2.45, 2.75) is 0 Å². The first kappa shape index (κ1) is 25.7. The summed E-state index contributed by atoms with van der Waals surface area (Å²) in [6.07, 6.45) is 2.81. The number of nitrogens with one attached hydrogen (secondary N) is 2. The van der Waals surface area contributed by atoms with Gasteiger partial charge >= 0.3 is 5.97 Å². The predicted octanol–water partition coefficient (Wildman–Crippen LogP) is 4.53. The second-order valence-corrected chi connectivity index (χ2v) is 7.74. The Bertz CT molecular complexity index is 1460. The zero-order valence-electron chi connectivity index (χ0n) is 20.5. The monoisotopic (exact) mass is 513 g/mol. The highest BCUT2D eigenvalue weighted by atomic mass is 16.6. The van der Waals surface area contributed by atoms with E-state index in [0.717, 1.165) is 0 Å². The number of hydrogen-bond acceptors (Lipinski definition) is 8. The molecule has 0 aliphatic heterocycles. The van der Waals surface area contributed by atoms with E-state index in [9.17, 15) is 14.4 Å². The van der Waals surface area contributed by atoms with Crippen LogP contribution in [0.15, 0.2) is 94.6 Å². The maximum Gasteiger partial charge on any atom is 0.343 e. The van der Waals surface area contributed by atoms with Crippen LogP contribution in [-0.2, 0) is 0 Å². The number of carbonyl (C=O) groups excluding carboxylic acids is 3. The minimum atomic E-state index is -0.554. The fraction of sp³-hybridized carbons (Fsp3) is 0.0714. The lowest BCUT2D eigenvalue weighted by Gasteiger charge is -2.10. The molecule has 192 valence electrons. The Morgan fingerprint density at radius 3 is 2.34 bits per heavy atom. The van der Waals surface area contributed by atoms with Crippen LogP contribution in [0.1, 0.15) is 36.8 Å². The molecule has 0 fully saturated rings. The van der Waals surface area contributed by atoms with E-state index in [1.54, 1.807) is 66.7 Å². The summed E-state index contributed by atoms with van der Waals surface area (Å²) in [5.41, 5.74) is 4.09. The molecule has 1 heterocycles. The van der Waals surface area contributed by atoms with Gasteiger partial charge in [-0.15, -0.1) is 0 Å². The van der Waals surface area contributed by atoms with Crippen molar-refractivity contribution in [3.8, 4) is 17.2 Å². The number of anilines is 1. The second kappa shape index (κ2) is 12.0. The van der Waals surface area contributed by atoms with Crippen LogP contribution in [0.3, 0.4) is 0 Å². The van der Waals surface area contributed by atoms with Gasteiger partial charge in [0.2, 0.25) is 0 Å². The van der Waals surface area contributed by atoms with Gasteiger partial charge in [-0.25, -0.2) is 10.2 Å². The van der Waals surface area contributed by atoms with Crippen molar-refractivity contribution in [1.29, 1.82) is 0 Å². The number of furan rings is 1. The summed E-state index contributed by atoms with van der Waals surface area (Å²) in [4.78, 5) is 37.1. The number of amides is 2. The fourth-order valence-corrected chi connectivity index (χ4v) is 3.30. The molecule has 10 heteroatoms. The van der Waals surface area contributed by atoms with Crippen molar-refractivity contribution in [3.63, 3.8) is 0 Å². The molecule has 4 rings (SSSR count). The lowest BCUT2D eigenvalue weighted by Crippen LogP contribution is -2.18. The number of rotatable bonds is 9. The number of methoxy groups -OCH3 is 2. The lowest BCUT2D eigenvalue weighted by atomic mass is 10.2. The normalized spacial score (nSPS) is 10.6. The Morgan fingerprint density at radius 1 is 0.816 bits per heavy atom. The first-order chi connectivity index (χ1) is 18.5. The number of carbonyl (C=O) groups is 3. The maximum absolute atomic E-state index is 12.5. The zero-order valence-corrected chi connectivity index (χ0v) is 20.5. The van der Waals surface area contributed by atoms with E-state index < -0.39 is 17.8 Å². The van der Waals surface area contributed by atoms with Crippen LogP contribution in [0, 0.1) is 0 Å². The molecule has 2 amide bonds. The SMILES string of the molecule is COc1ccc(C(=O)Oc2ccc(C=NNC(=O)c3cccc(NC(=O)c4ccco4)c3)cc2OC)cc1. The average molecular weight is 514 g/mol. The Labute approximate surface area is 217 Å². The van der Waals surface area contributed by atoms with E-state index in [1.165, 1.54) is 38.8 Å². The zero-order chi connectivity index (χ0) is 26.9. The number of esters is 1. The highest BCUT2D eigenvalue weighted by Gasteiger charge is 2.14. The van der Waals surface area contributed by atoms with Gasteiger partial charge in [-0.3, -0.25) is 9.59 Å². The van der Waals surface area contributed by atoms with Crippen LogP contribution >= 0.6 is 0 Å². The third kappa shape index (κ3) is 6.43. The molecule has 4 aromatic rings. The van der Waals surface area contributed by atoms with Crippen LogP contribution < -0.4 is 25.0 Å². The summed E-state index contributed by atoms with van der Waals surface area (Å²) in [5, 5.41) is 6.64. The fourth-order valence-electron chi connectivity index (χ4n) is 3.30. The molecule has 0 atom stereocenters. The van der Waals surface area contributed by atoms with Crippen LogP contribution in [-0.4, -0.2) is 38.2 Å². The lowest BCUT2D eigenvalue weighted by molar-refractivity contribution is 0.0729. The van der Waals surface area contributed by atoms with Gasteiger partial charge in [-0.1, -0.05) is 6.07 Å². The maximum atomic E-state index is 12.5. The summed E-state index contributed by atoms with van der Waals surface area (Å²) in [6.45, 7) is 0. The molecule has 2 N–H and O–H groups in total. The van der Waals surface area contributed by atoms with Gasteiger partial charge in [0.15, 0.2) is 17.3 Å². The van der Waals surface area contributed by atoms with E-state index in [4.69, 9.17) is 18.6 Å². The summed E-state index contributed by atoms with van der Waals surface area (Å²) in [7, 11) is 2.98. The Hall–Kier alpha value is -5.38. The molecule has 10 nitrogen and oxygen atoms in total. The third-order valence-corrected chi connectivity index (χ3v) is 5.22. The molecule has 0 saturated carbocycles. The van der Waals surface area contributed by atoms with E-state index in [2.05, 4.69) is 15.8 Å². The van der Waals surface area contributed by atoms with Crippen LogP contribution in [0.2, 0.25) is 0 Å². The summed E-state index contributed by atoms with van der Waals surface area (Å²) in [5.74, 6) is -0.155. The first-order valence-electron chi connectivity index (χ1n) is 11.3. The van der Waals surface area contributed by atoms with Crippen LogP contribution in [0.25, 0.3) is 0 Å². The number of benzene rings is 3. The van der Waals surface area contributed by atoms with E-state index in [0.29, 0.717) is 28.3 Å². The standard InChI is InChI=1S/C28H23N3O7/c1-35-22-11-9-19(10-12-22)28(34)38-23-13-8-18(15-25(23)36-2)17-29-31-26(32)20-5-3-6-21(16-20)30-27(33)24-7-4-14-37-24/h3-17H,1-2H3,(H,30,33)(H,31,32). The van der Waals surface area contributed by atoms with E-state index in [1.807, 2.05) is 0 Å². The predicted molar refractivity (Wildman–Crippen MR) is 139 cm³/mol. The molecule has 0 radical (unpaired) electrons. The molecule has 0 spiro atoms. The van der Waals surface area contributed by atoms with Gasteiger partial charge in [0.05, 0.1) is 32.3 Å². The minimum Gasteiger partial charge on any atom is -0.497 e. The molecular formula is C28H23N3O7. The van der Waals surface area contributed by atoms with Gasteiger partial charge in [0.1, 0.15) is 5.75 Å². The van der Waals surface area contributed by atoms with E-state index in [-0.39, 0.29) is 17.1 Å². The van der Waals surface area contributed by atoms with Crippen molar-refractivity contribution < 1.29 is 33.0 Å². The van der Waals surface area contributed by atoms with Crippen molar-refractivity contribution in [2.75, 3.05) is 19.5 Å². The molecule has 38 heavy (non-hydrogen) atoms. The Kier molecular flexibility index (Phi) is 8.15. The molecule has 0 bridgehead atoms. The summed E-state index contributed by atoms with van der Waals surface area (Å²) >= 11 is 0. The van der Waals surface area contributed by atoms with E-state index >= 15 is 0 Å². The molecule has 1 aromatic heterocycles. The van der Waals surface area contributed by atoms with Crippen molar-refractivity contribution in [3.05, 3.63) is 108 Å². The van der Waals surface area contributed by atoms with Crippen LogP contribution in [0.5, 0.6) is 17.2 Å². The number of nitrogens with zero attached hydrogens (tertiary/aromatic N) is 1. The van der Waals surface area contributed by atoms with Gasteiger partial charge in [-0.05, 0) is 78.4 Å². The van der Waals surface area contributed by atoms with Gasteiger partial charge < -0.3 is 23.9 Å². The number of ether oxygens (including phenoxy) is 3. The Morgan fingerprint density at radius 2 is 1.63 bits per heavy atom. The first-order valence-corrected chi connectivity index (χ1v) is 11.3. The molecular weight excluding hydrogens is 490 g/mol. The molecule has 0 aliphatic rings. The third-order valence-electron chi connectivity index (χ3n) is 5.22. The van der Waals surface area contributed by atoms with Gasteiger partial charge in [-0.2, -0.15) is 5.10 Å². The average Bonchev–Trinajstić information content (AvgIpc) is 3.49. The summed E-state index contributed by atoms with van der Waals surface area (Å²) < 4.78 is 21.0.